The molecule has 0 N–H and O–H groups in total. The SMILES string of the molecule is O=C1C(=O)N(CCc2ccncc2)c2c(F)cc(F)cc21. The summed E-state index contributed by atoms with van der Waals surface area (Å²) < 4.78 is 27.1. The number of halogens is 2. The number of carbonyl (C=O) groups is 2. The van der Waals surface area contributed by atoms with Crippen molar-refractivity contribution in [3.05, 3.63) is 59.4 Å². The van der Waals surface area contributed by atoms with Crippen LogP contribution in [0, 0.1) is 11.6 Å². The van der Waals surface area contributed by atoms with Crippen LogP contribution in [0.25, 0.3) is 0 Å². The standard InChI is InChI=1S/C15H10F2N2O2/c16-10-7-11-13(12(17)8-10)19(15(21)14(11)20)6-3-9-1-4-18-5-2-9/h1-2,4-5,7-8H,3,6H2. The Labute approximate surface area is 119 Å². The predicted molar refractivity (Wildman–Crippen MR) is 71.0 cm³/mol. The van der Waals surface area contributed by atoms with E-state index in [2.05, 4.69) is 4.98 Å². The maximum Gasteiger partial charge on any atom is 0.299 e. The molecule has 0 bridgehead atoms. The van der Waals surface area contributed by atoms with Crippen molar-refractivity contribution >= 4 is 17.4 Å². The fourth-order valence-corrected chi connectivity index (χ4v) is 2.36. The zero-order valence-electron chi connectivity index (χ0n) is 10.8. The van der Waals surface area contributed by atoms with Crippen molar-refractivity contribution in [1.82, 2.24) is 4.98 Å². The molecule has 1 amide bonds. The van der Waals surface area contributed by atoms with E-state index in [9.17, 15) is 18.4 Å². The molecule has 106 valence electrons. The van der Waals surface area contributed by atoms with E-state index in [1.165, 1.54) is 0 Å². The summed E-state index contributed by atoms with van der Waals surface area (Å²) in [4.78, 5) is 28.6. The Hall–Kier alpha value is -2.63. The highest BCUT2D eigenvalue weighted by molar-refractivity contribution is 6.52. The third kappa shape index (κ3) is 2.29. The van der Waals surface area contributed by atoms with Gasteiger partial charge in [-0.1, -0.05) is 0 Å². The average molecular weight is 288 g/mol. The smallest absolute Gasteiger partial charge is 0.299 e. The molecule has 0 aliphatic carbocycles. The first-order chi connectivity index (χ1) is 10.1. The minimum Gasteiger partial charge on any atom is -0.302 e. The van der Waals surface area contributed by atoms with Crippen LogP contribution in [0.1, 0.15) is 15.9 Å². The first kappa shape index (κ1) is 13.4. The number of rotatable bonds is 3. The molecule has 0 unspecified atom stereocenters. The number of hydrogen-bond acceptors (Lipinski definition) is 3. The van der Waals surface area contributed by atoms with Gasteiger partial charge in [-0.25, -0.2) is 8.78 Å². The molecule has 1 aliphatic heterocycles. The van der Waals surface area contributed by atoms with Crippen LogP contribution in [-0.2, 0) is 11.2 Å². The molecule has 21 heavy (non-hydrogen) atoms. The summed E-state index contributed by atoms with van der Waals surface area (Å²) in [6.07, 6.45) is 3.66. The van der Waals surface area contributed by atoms with Crippen LogP contribution in [0.2, 0.25) is 0 Å². The van der Waals surface area contributed by atoms with E-state index in [4.69, 9.17) is 0 Å². The topological polar surface area (TPSA) is 50.3 Å². The maximum absolute atomic E-state index is 13.9. The van der Waals surface area contributed by atoms with Crippen molar-refractivity contribution in [3.8, 4) is 0 Å². The van der Waals surface area contributed by atoms with Gasteiger partial charge >= 0.3 is 0 Å². The largest absolute Gasteiger partial charge is 0.302 e. The van der Waals surface area contributed by atoms with Crippen molar-refractivity contribution < 1.29 is 18.4 Å². The maximum atomic E-state index is 13.9. The molecule has 2 aromatic rings. The summed E-state index contributed by atoms with van der Waals surface area (Å²) in [5, 5.41) is 0. The number of hydrogen-bond donors (Lipinski definition) is 0. The number of amides is 1. The number of carbonyl (C=O) groups excluding carboxylic acids is 2. The van der Waals surface area contributed by atoms with E-state index in [-0.39, 0.29) is 17.8 Å². The van der Waals surface area contributed by atoms with E-state index in [1.807, 2.05) is 0 Å². The number of pyridine rings is 1. The van der Waals surface area contributed by atoms with Gasteiger partial charge in [0.1, 0.15) is 5.82 Å². The molecular formula is C15H10F2N2O2. The van der Waals surface area contributed by atoms with E-state index in [1.54, 1.807) is 24.5 Å². The monoisotopic (exact) mass is 288 g/mol. The van der Waals surface area contributed by atoms with Crippen molar-refractivity contribution in [2.75, 3.05) is 11.4 Å². The van der Waals surface area contributed by atoms with E-state index in [0.717, 1.165) is 16.5 Å². The van der Waals surface area contributed by atoms with Gasteiger partial charge in [-0.3, -0.25) is 14.6 Å². The van der Waals surface area contributed by atoms with Gasteiger partial charge in [0.05, 0.1) is 11.3 Å². The Morgan fingerprint density at radius 1 is 1.10 bits per heavy atom. The number of benzene rings is 1. The first-order valence-corrected chi connectivity index (χ1v) is 6.32. The van der Waals surface area contributed by atoms with E-state index < -0.39 is 23.3 Å². The molecule has 1 aromatic carbocycles. The summed E-state index contributed by atoms with van der Waals surface area (Å²) in [6.45, 7) is 0.143. The van der Waals surface area contributed by atoms with Crippen molar-refractivity contribution in [3.63, 3.8) is 0 Å². The summed E-state index contributed by atoms with van der Waals surface area (Å²) in [6, 6.07) is 5.10. The van der Waals surface area contributed by atoms with Gasteiger partial charge in [0.2, 0.25) is 0 Å². The molecule has 0 saturated heterocycles. The lowest BCUT2D eigenvalue weighted by Gasteiger charge is -2.17. The minimum absolute atomic E-state index is 0.138. The average Bonchev–Trinajstić information content (AvgIpc) is 2.71. The minimum atomic E-state index is -0.904. The molecule has 4 nitrogen and oxygen atoms in total. The van der Waals surface area contributed by atoms with Gasteiger partial charge in [-0.2, -0.15) is 0 Å². The van der Waals surface area contributed by atoms with Gasteiger partial charge < -0.3 is 4.90 Å². The summed E-state index contributed by atoms with van der Waals surface area (Å²) >= 11 is 0. The zero-order valence-corrected chi connectivity index (χ0v) is 10.8. The lowest BCUT2D eigenvalue weighted by molar-refractivity contribution is -0.114. The summed E-state index contributed by atoms with van der Waals surface area (Å²) in [5.41, 5.74) is 0.550. The fraction of sp³-hybridized carbons (Fsp3) is 0.133. The molecule has 0 spiro atoms. The van der Waals surface area contributed by atoms with Crippen LogP contribution in [0.4, 0.5) is 14.5 Å². The van der Waals surface area contributed by atoms with E-state index >= 15 is 0 Å². The lowest BCUT2D eigenvalue weighted by atomic mass is 10.1. The second-order valence-electron chi connectivity index (χ2n) is 4.68. The Morgan fingerprint density at radius 3 is 2.52 bits per heavy atom. The quantitative estimate of drug-likeness (QED) is 0.813. The van der Waals surface area contributed by atoms with Crippen LogP contribution in [0.5, 0.6) is 0 Å². The number of Topliss-reactive ketones (excluding diaryl/α,β-unsaturated/α-hetero) is 1. The Bertz CT molecular complexity index is 732. The molecule has 1 aromatic heterocycles. The number of fused-ring (bicyclic) bond motifs is 1. The molecule has 2 heterocycles. The second kappa shape index (κ2) is 5.05. The highest BCUT2D eigenvalue weighted by Crippen LogP contribution is 2.32. The van der Waals surface area contributed by atoms with Gasteiger partial charge in [-0.05, 0) is 30.2 Å². The molecule has 0 fully saturated rings. The van der Waals surface area contributed by atoms with Crippen molar-refractivity contribution in [2.24, 2.45) is 0 Å². The molecule has 0 radical (unpaired) electrons. The van der Waals surface area contributed by atoms with Crippen molar-refractivity contribution in [2.45, 2.75) is 6.42 Å². The van der Waals surface area contributed by atoms with Gasteiger partial charge in [0, 0.05) is 25.0 Å². The van der Waals surface area contributed by atoms with Crippen molar-refractivity contribution in [1.29, 1.82) is 0 Å². The molecule has 0 atom stereocenters. The van der Waals surface area contributed by atoms with Crippen LogP contribution < -0.4 is 4.90 Å². The van der Waals surface area contributed by atoms with Crippen LogP contribution >= 0.6 is 0 Å². The van der Waals surface area contributed by atoms with E-state index in [0.29, 0.717) is 12.5 Å². The predicted octanol–water partition coefficient (Wildman–Crippen LogP) is 2.13. The Morgan fingerprint density at radius 2 is 1.81 bits per heavy atom. The fourth-order valence-electron chi connectivity index (χ4n) is 2.36. The lowest BCUT2D eigenvalue weighted by Crippen LogP contribution is -2.32. The third-order valence-electron chi connectivity index (χ3n) is 3.36. The Balaban J connectivity index is 1.91. The Kier molecular flexibility index (Phi) is 3.21. The summed E-state index contributed by atoms with van der Waals surface area (Å²) in [7, 11) is 0. The van der Waals surface area contributed by atoms with Gasteiger partial charge in [0.25, 0.3) is 11.7 Å². The van der Waals surface area contributed by atoms with Gasteiger partial charge in [-0.15, -0.1) is 0 Å². The molecule has 3 rings (SSSR count). The van der Waals surface area contributed by atoms with Crippen LogP contribution in [-0.4, -0.2) is 23.2 Å². The zero-order chi connectivity index (χ0) is 15.0. The number of ketones is 1. The third-order valence-corrected chi connectivity index (χ3v) is 3.36. The molecule has 0 saturated carbocycles. The molecular weight excluding hydrogens is 278 g/mol. The number of aromatic nitrogens is 1. The molecule has 1 aliphatic rings. The second-order valence-corrected chi connectivity index (χ2v) is 4.68. The first-order valence-electron chi connectivity index (χ1n) is 6.32. The van der Waals surface area contributed by atoms with Gasteiger partial charge in [0.15, 0.2) is 5.82 Å². The van der Waals surface area contributed by atoms with Crippen LogP contribution in [0.15, 0.2) is 36.7 Å². The normalized spacial score (nSPS) is 13.7. The number of nitrogens with zero attached hydrogens (tertiary/aromatic N) is 2. The highest BCUT2D eigenvalue weighted by Gasteiger charge is 2.38. The van der Waals surface area contributed by atoms with Crippen LogP contribution in [0.3, 0.4) is 0 Å². The summed E-state index contributed by atoms with van der Waals surface area (Å²) in [5.74, 6) is -3.48. The molecule has 6 heteroatoms. The highest BCUT2D eigenvalue weighted by atomic mass is 19.1. The number of anilines is 1.